The van der Waals surface area contributed by atoms with Gasteiger partial charge in [0, 0.05) is 37.2 Å². The van der Waals surface area contributed by atoms with Crippen molar-refractivity contribution >= 4 is 29.5 Å². The number of thioether (sulfide) groups is 1. The van der Waals surface area contributed by atoms with Crippen molar-refractivity contribution in [2.45, 2.75) is 43.2 Å². The van der Waals surface area contributed by atoms with Gasteiger partial charge in [-0.2, -0.15) is 0 Å². The largest absolute Gasteiger partial charge is 0.477 e. The Kier molecular flexibility index (Phi) is 6.01. The van der Waals surface area contributed by atoms with Crippen molar-refractivity contribution in [3.63, 3.8) is 0 Å². The van der Waals surface area contributed by atoms with Gasteiger partial charge in [0.15, 0.2) is 0 Å². The van der Waals surface area contributed by atoms with E-state index >= 15 is 0 Å². The van der Waals surface area contributed by atoms with E-state index < -0.39 is 18.0 Å². The molecule has 0 spiro atoms. The number of aliphatic hydroxyl groups is 1. The van der Waals surface area contributed by atoms with Gasteiger partial charge in [-0.05, 0) is 13.3 Å². The van der Waals surface area contributed by atoms with Crippen LogP contribution >= 0.6 is 11.8 Å². The number of amides is 2. The number of β-lactam (4-membered cyclic amide) rings is 1. The summed E-state index contributed by atoms with van der Waals surface area (Å²) in [6.45, 7) is 2.17. The molecule has 1 unspecified atom stereocenters. The fraction of sp³-hybridized carbons (Fsp3) is 0.688. The summed E-state index contributed by atoms with van der Waals surface area (Å²) < 4.78 is 0. The smallest absolute Gasteiger partial charge is 0.353 e. The van der Waals surface area contributed by atoms with Crippen LogP contribution in [0.4, 0.5) is 0 Å². The van der Waals surface area contributed by atoms with Crippen LogP contribution in [-0.2, 0) is 14.4 Å². The van der Waals surface area contributed by atoms with Crippen molar-refractivity contribution in [2.24, 2.45) is 5.92 Å². The van der Waals surface area contributed by atoms with Crippen LogP contribution in [-0.4, -0.2) is 87.4 Å². The van der Waals surface area contributed by atoms with Crippen LogP contribution in [0.1, 0.15) is 19.8 Å². The molecule has 0 bridgehead atoms. The van der Waals surface area contributed by atoms with E-state index in [1.807, 2.05) is 0 Å². The van der Waals surface area contributed by atoms with E-state index in [1.165, 1.54) is 16.7 Å². The van der Waals surface area contributed by atoms with E-state index in [9.17, 15) is 24.6 Å². The van der Waals surface area contributed by atoms with Crippen molar-refractivity contribution in [3.05, 3.63) is 10.6 Å². The summed E-state index contributed by atoms with van der Waals surface area (Å²) in [6, 6.07) is -0.527. The van der Waals surface area contributed by atoms with Crippen molar-refractivity contribution in [1.82, 2.24) is 15.1 Å². The molecular weight excluding hydrogens is 362 g/mol. The van der Waals surface area contributed by atoms with Crippen LogP contribution in [0.5, 0.6) is 0 Å². The number of carboxylic acid groups (broad SMARTS) is 1. The molecular formula is C16H25N3O6S. The van der Waals surface area contributed by atoms with E-state index in [4.69, 9.17) is 0 Å². The first-order valence-electron chi connectivity index (χ1n) is 8.31. The Morgan fingerprint density at radius 3 is 2.58 bits per heavy atom. The normalized spacial score (nSPS) is 31.2. The van der Waals surface area contributed by atoms with Gasteiger partial charge in [-0.3, -0.25) is 9.59 Å². The van der Waals surface area contributed by atoms with E-state index in [0.29, 0.717) is 24.3 Å². The van der Waals surface area contributed by atoms with E-state index in [2.05, 4.69) is 5.32 Å². The fourth-order valence-corrected chi connectivity index (χ4v) is 5.27. The second kappa shape index (κ2) is 7.55. The van der Waals surface area contributed by atoms with E-state index in [0.717, 1.165) is 0 Å². The Hall–Kier alpha value is -1.62. The summed E-state index contributed by atoms with van der Waals surface area (Å²) in [4.78, 5) is 39.4. The van der Waals surface area contributed by atoms with Crippen LogP contribution in [0.25, 0.3) is 0 Å². The quantitative estimate of drug-likeness (QED) is 0.494. The second-order valence-corrected chi connectivity index (χ2v) is 8.39. The lowest BCUT2D eigenvalue weighted by molar-refractivity contribution is -0.161. The number of likely N-dealkylation sites (N-methyl/N-ethyl adjacent to an activating group) is 1. The molecule has 26 heavy (non-hydrogen) atoms. The molecule has 2 amide bonds. The number of nitrogens with zero attached hydrogens (tertiary/aromatic N) is 2. The highest BCUT2D eigenvalue weighted by Gasteiger charge is 2.57. The number of hydrogen-bond donors (Lipinski definition) is 3. The number of carbonyl (C=O) groups is 3. The highest BCUT2D eigenvalue weighted by atomic mass is 32.2. The summed E-state index contributed by atoms with van der Waals surface area (Å²) in [7, 11) is 3.42. The highest BCUT2D eigenvalue weighted by Crippen LogP contribution is 2.48. The molecule has 146 valence electrons. The van der Waals surface area contributed by atoms with Crippen molar-refractivity contribution in [2.75, 3.05) is 20.6 Å². The monoisotopic (exact) mass is 387 g/mol. The van der Waals surface area contributed by atoms with Crippen LogP contribution in [0, 0.1) is 5.92 Å². The SMILES string of the molecule is C[C@@H](O)[C@H]1C(=O)N2C(C(=O)O)=C(SC3CN[C@H](C(=O)N(C)C)C3)C[C@H]12.O. The molecule has 0 aromatic heterocycles. The molecule has 0 aliphatic carbocycles. The third-order valence-corrected chi connectivity index (χ3v) is 6.37. The number of nitrogens with one attached hydrogen (secondary N) is 1. The van der Waals surface area contributed by atoms with Gasteiger partial charge in [0.1, 0.15) is 5.70 Å². The predicted octanol–water partition coefficient (Wildman–Crippen LogP) is -1.38. The molecule has 2 saturated heterocycles. The molecule has 0 aromatic carbocycles. The number of aliphatic carboxylic acids is 1. The summed E-state index contributed by atoms with van der Waals surface area (Å²) >= 11 is 1.44. The molecule has 3 rings (SSSR count). The number of hydrogen-bond acceptors (Lipinski definition) is 6. The van der Waals surface area contributed by atoms with Gasteiger partial charge in [-0.15, -0.1) is 11.8 Å². The number of carboxylic acids is 1. The third kappa shape index (κ3) is 3.34. The third-order valence-electron chi connectivity index (χ3n) is 5.03. The van der Waals surface area contributed by atoms with Crippen LogP contribution < -0.4 is 5.32 Å². The summed E-state index contributed by atoms with van der Waals surface area (Å²) in [6.07, 6.45) is 0.288. The molecule has 3 aliphatic rings. The maximum atomic E-state index is 12.2. The lowest BCUT2D eigenvalue weighted by atomic mass is 9.83. The maximum Gasteiger partial charge on any atom is 0.353 e. The maximum absolute atomic E-state index is 12.2. The van der Waals surface area contributed by atoms with Gasteiger partial charge in [-0.25, -0.2) is 4.79 Å². The lowest BCUT2D eigenvalue weighted by Crippen LogP contribution is -2.61. The van der Waals surface area contributed by atoms with Crippen molar-refractivity contribution < 1.29 is 30.1 Å². The molecule has 2 fully saturated rings. The molecule has 0 aromatic rings. The zero-order valence-corrected chi connectivity index (χ0v) is 15.7. The zero-order chi connectivity index (χ0) is 18.5. The first-order valence-corrected chi connectivity index (χ1v) is 9.19. The summed E-state index contributed by atoms with van der Waals surface area (Å²) in [5, 5.41) is 22.5. The first kappa shape index (κ1) is 20.7. The average molecular weight is 387 g/mol. The second-order valence-electron chi connectivity index (χ2n) is 6.99. The minimum atomic E-state index is -1.12. The average Bonchev–Trinajstić information content (AvgIpc) is 3.09. The van der Waals surface area contributed by atoms with Gasteiger partial charge in [-0.1, -0.05) is 0 Å². The molecule has 5 N–H and O–H groups in total. The van der Waals surface area contributed by atoms with Crippen LogP contribution in [0.3, 0.4) is 0 Å². The summed E-state index contributed by atoms with van der Waals surface area (Å²) in [5.41, 5.74) is 0.0410. The van der Waals surface area contributed by atoms with Gasteiger partial charge in [0.2, 0.25) is 11.8 Å². The van der Waals surface area contributed by atoms with Crippen LogP contribution in [0.2, 0.25) is 0 Å². The topological polar surface area (TPSA) is 142 Å². The number of fused-ring (bicyclic) bond motifs is 1. The number of rotatable bonds is 5. The van der Waals surface area contributed by atoms with Gasteiger partial charge >= 0.3 is 5.97 Å². The molecule has 3 heterocycles. The Morgan fingerprint density at radius 2 is 2.04 bits per heavy atom. The minimum absolute atomic E-state index is 0. The Morgan fingerprint density at radius 1 is 1.38 bits per heavy atom. The minimum Gasteiger partial charge on any atom is -0.477 e. The molecule has 3 aliphatic heterocycles. The van der Waals surface area contributed by atoms with Crippen molar-refractivity contribution in [3.8, 4) is 0 Å². The molecule has 9 nitrogen and oxygen atoms in total. The standard InChI is InChI=1S/C16H23N3O5S.H2O/c1-7(20)12-10-5-11(13(16(23)24)19(10)15(12)22)25-8-4-9(17-6-8)14(21)18(2)3;/h7-10,12,17,20H,4-6H2,1-3H3,(H,23,24);1H2/t7-,8?,9+,10-,12-;/m1./s1. The van der Waals surface area contributed by atoms with Crippen molar-refractivity contribution in [1.29, 1.82) is 0 Å². The van der Waals surface area contributed by atoms with E-state index in [1.54, 1.807) is 25.9 Å². The molecule has 5 atom stereocenters. The van der Waals surface area contributed by atoms with Gasteiger partial charge in [0.25, 0.3) is 0 Å². The fourth-order valence-electron chi connectivity index (χ4n) is 3.83. The number of aliphatic hydroxyl groups excluding tert-OH is 1. The zero-order valence-electron chi connectivity index (χ0n) is 14.9. The Labute approximate surface area is 155 Å². The van der Waals surface area contributed by atoms with Gasteiger partial charge in [0.05, 0.1) is 24.1 Å². The first-order chi connectivity index (χ1) is 11.7. The molecule has 0 radical (unpaired) electrons. The van der Waals surface area contributed by atoms with Gasteiger partial charge < -0.3 is 30.8 Å². The van der Waals surface area contributed by atoms with E-state index in [-0.39, 0.29) is 40.3 Å². The molecule has 10 heteroatoms. The predicted molar refractivity (Wildman–Crippen MR) is 95.2 cm³/mol. The highest BCUT2D eigenvalue weighted by molar-refractivity contribution is 8.03. The molecule has 0 saturated carbocycles. The Bertz CT molecular complexity index is 650. The number of carbonyl (C=O) groups excluding carboxylic acids is 2. The summed E-state index contributed by atoms with van der Waals surface area (Å²) in [5.74, 6) is -1.96. The lowest BCUT2D eigenvalue weighted by Gasteiger charge is -2.44. The Balaban J connectivity index is 0.00000243. The van der Waals surface area contributed by atoms with Crippen LogP contribution in [0.15, 0.2) is 10.6 Å².